The minimum atomic E-state index is -0.700. The van der Waals surface area contributed by atoms with Crippen molar-refractivity contribution in [3.8, 4) is 0 Å². The lowest BCUT2D eigenvalue weighted by atomic mass is 9.77. The van der Waals surface area contributed by atoms with Crippen molar-refractivity contribution < 1.29 is 23.0 Å². The van der Waals surface area contributed by atoms with Crippen LogP contribution >= 0.6 is 11.3 Å². The SMILES string of the molecule is O=C1C[C@H](c2cccs2)C=C2NC(Nc3nc4ccccc4o3)=[NH+][C@@H](c3cc(F)cc(F)c3)[C@H]12. The highest BCUT2D eigenvalue weighted by molar-refractivity contribution is 7.10. The van der Waals surface area contributed by atoms with Gasteiger partial charge in [0.15, 0.2) is 5.58 Å². The maximum absolute atomic E-state index is 14.1. The number of thiophene rings is 1. The zero-order valence-corrected chi connectivity index (χ0v) is 18.5. The highest BCUT2D eigenvalue weighted by atomic mass is 32.1. The number of aromatic nitrogens is 1. The number of nitrogens with zero attached hydrogens (tertiary/aromatic N) is 1. The van der Waals surface area contributed by atoms with Crippen molar-refractivity contribution in [2.45, 2.75) is 18.4 Å². The van der Waals surface area contributed by atoms with Crippen LogP contribution in [-0.4, -0.2) is 16.7 Å². The van der Waals surface area contributed by atoms with Crippen molar-refractivity contribution in [1.82, 2.24) is 10.3 Å². The molecule has 2 aromatic carbocycles. The highest BCUT2D eigenvalue weighted by Crippen LogP contribution is 2.38. The summed E-state index contributed by atoms with van der Waals surface area (Å²) in [6.45, 7) is 0. The summed E-state index contributed by atoms with van der Waals surface area (Å²) in [6, 6.07) is 14.2. The number of carbonyl (C=O) groups is 1. The molecule has 3 atom stereocenters. The van der Waals surface area contributed by atoms with Crippen LogP contribution in [0.3, 0.4) is 0 Å². The first kappa shape index (κ1) is 20.7. The molecule has 0 unspecified atom stereocenters. The van der Waals surface area contributed by atoms with E-state index in [0.717, 1.165) is 10.9 Å². The second kappa shape index (κ2) is 8.18. The number of anilines is 1. The summed E-state index contributed by atoms with van der Waals surface area (Å²) in [5.74, 6) is -1.69. The van der Waals surface area contributed by atoms with E-state index in [2.05, 4.69) is 20.6 Å². The van der Waals surface area contributed by atoms with E-state index in [9.17, 15) is 13.6 Å². The molecule has 0 amide bonds. The Hall–Kier alpha value is -3.85. The third-order valence-corrected chi connectivity index (χ3v) is 7.07. The van der Waals surface area contributed by atoms with E-state index in [4.69, 9.17) is 4.42 Å². The largest absolute Gasteiger partial charge is 0.412 e. The number of ketones is 1. The molecule has 6 nitrogen and oxygen atoms in total. The maximum atomic E-state index is 14.1. The Morgan fingerprint density at radius 1 is 1.12 bits per heavy atom. The predicted molar refractivity (Wildman–Crippen MR) is 124 cm³/mol. The summed E-state index contributed by atoms with van der Waals surface area (Å²) < 4.78 is 33.9. The molecule has 34 heavy (non-hydrogen) atoms. The lowest BCUT2D eigenvalue weighted by Crippen LogP contribution is -2.84. The number of carbonyl (C=O) groups excluding carboxylic acids is 1. The molecule has 1 aliphatic carbocycles. The van der Waals surface area contributed by atoms with Crippen LogP contribution in [0.15, 0.2) is 76.2 Å². The monoisotopic (exact) mass is 477 g/mol. The van der Waals surface area contributed by atoms with Crippen LogP contribution in [0.5, 0.6) is 0 Å². The highest BCUT2D eigenvalue weighted by Gasteiger charge is 2.44. The number of nitrogens with one attached hydrogen (secondary N) is 3. The minimum Gasteiger partial charge on any atom is -0.412 e. The van der Waals surface area contributed by atoms with Gasteiger partial charge < -0.3 is 4.42 Å². The third kappa shape index (κ3) is 3.77. The molecule has 0 spiro atoms. The van der Waals surface area contributed by atoms with E-state index in [1.807, 2.05) is 47.9 Å². The standard InChI is InChI=1S/C25H18F2N4O2S/c26-15-8-14(9-16(27)12-15)23-22-18(10-13(11-19(22)32)21-6-3-7-34-21)28-24(30-23)31-25-29-17-4-1-2-5-20(17)33-25/h1-10,12-13,22-23H,11H2,(H2,28,29,30,31)/p+1/t13-,22+,23+/m1/s1. The summed E-state index contributed by atoms with van der Waals surface area (Å²) in [5, 5.41) is 8.30. The van der Waals surface area contributed by atoms with Crippen LogP contribution in [0.25, 0.3) is 11.1 Å². The molecular weight excluding hydrogens is 458 g/mol. The normalized spacial score (nSPS) is 22.1. The molecule has 2 aromatic heterocycles. The Kier molecular flexibility index (Phi) is 4.99. The summed E-state index contributed by atoms with van der Waals surface area (Å²) in [6.07, 6.45) is 2.34. The van der Waals surface area contributed by atoms with E-state index in [-0.39, 0.29) is 17.7 Å². The van der Waals surface area contributed by atoms with Crippen LogP contribution in [0.1, 0.15) is 28.8 Å². The number of hydrogen-bond donors (Lipinski definition) is 3. The van der Waals surface area contributed by atoms with Gasteiger partial charge in [-0.3, -0.25) is 9.79 Å². The number of rotatable bonds is 3. The van der Waals surface area contributed by atoms with Crippen molar-refractivity contribution >= 4 is 40.2 Å². The number of halogens is 2. The topological polar surface area (TPSA) is 81.1 Å². The van der Waals surface area contributed by atoms with E-state index >= 15 is 0 Å². The van der Waals surface area contributed by atoms with Crippen LogP contribution in [0, 0.1) is 17.6 Å². The second-order valence-corrected chi connectivity index (χ2v) is 9.31. The Morgan fingerprint density at radius 3 is 2.71 bits per heavy atom. The molecule has 0 radical (unpaired) electrons. The molecule has 3 N–H and O–H groups in total. The molecule has 9 heteroatoms. The number of guanidine groups is 1. The first-order valence-corrected chi connectivity index (χ1v) is 11.7. The van der Waals surface area contributed by atoms with Gasteiger partial charge in [0.2, 0.25) is 0 Å². The summed E-state index contributed by atoms with van der Waals surface area (Å²) in [4.78, 5) is 22.0. The Morgan fingerprint density at radius 2 is 1.94 bits per heavy atom. The number of fused-ring (bicyclic) bond motifs is 2. The van der Waals surface area contributed by atoms with Crippen LogP contribution in [-0.2, 0) is 4.79 Å². The van der Waals surface area contributed by atoms with Gasteiger partial charge in [-0.05, 0) is 47.4 Å². The Bertz CT molecular complexity index is 1410. The number of oxazole rings is 1. The number of allylic oxidation sites excluding steroid dienone is 1. The van der Waals surface area contributed by atoms with Crippen LogP contribution in [0.2, 0.25) is 0 Å². The molecule has 6 rings (SSSR count). The van der Waals surface area contributed by atoms with Gasteiger partial charge in [-0.15, -0.1) is 11.3 Å². The predicted octanol–water partition coefficient (Wildman–Crippen LogP) is 3.62. The quantitative estimate of drug-likeness (QED) is 0.420. The van der Waals surface area contributed by atoms with Crippen molar-refractivity contribution in [2.75, 3.05) is 5.32 Å². The summed E-state index contributed by atoms with van der Waals surface area (Å²) >= 11 is 1.59. The van der Waals surface area contributed by atoms with E-state index < -0.39 is 23.6 Å². The molecule has 0 fully saturated rings. The van der Waals surface area contributed by atoms with Gasteiger partial charge in [0, 0.05) is 23.3 Å². The first-order valence-electron chi connectivity index (χ1n) is 10.8. The van der Waals surface area contributed by atoms with Gasteiger partial charge in [0.1, 0.15) is 34.9 Å². The Labute approximate surface area is 197 Å². The van der Waals surface area contributed by atoms with Crippen LogP contribution < -0.4 is 15.6 Å². The van der Waals surface area contributed by atoms with Crippen molar-refractivity contribution in [3.05, 3.63) is 93.8 Å². The lowest BCUT2D eigenvalue weighted by molar-refractivity contribution is -0.522. The number of para-hydroxylation sites is 2. The minimum absolute atomic E-state index is 0.00789. The number of hydrogen-bond acceptors (Lipinski definition) is 6. The van der Waals surface area contributed by atoms with Crippen molar-refractivity contribution in [1.29, 1.82) is 0 Å². The maximum Gasteiger partial charge on any atom is 0.365 e. The number of benzene rings is 2. The molecule has 170 valence electrons. The van der Waals surface area contributed by atoms with Gasteiger partial charge in [-0.2, -0.15) is 10.3 Å². The molecule has 0 saturated carbocycles. The fraction of sp³-hybridized carbons (Fsp3) is 0.160. The smallest absolute Gasteiger partial charge is 0.365 e. The molecule has 0 bridgehead atoms. The zero-order chi connectivity index (χ0) is 23.2. The molecule has 3 heterocycles. The molecule has 1 aliphatic heterocycles. The van der Waals surface area contributed by atoms with Gasteiger partial charge in [-0.25, -0.2) is 14.1 Å². The lowest BCUT2D eigenvalue weighted by Gasteiger charge is -2.33. The fourth-order valence-electron chi connectivity index (χ4n) is 4.62. The van der Waals surface area contributed by atoms with Gasteiger partial charge >= 0.3 is 12.0 Å². The van der Waals surface area contributed by atoms with Gasteiger partial charge in [0.05, 0.1) is 5.70 Å². The van der Waals surface area contributed by atoms with Crippen molar-refractivity contribution in [2.24, 2.45) is 5.92 Å². The fourth-order valence-corrected chi connectivity index (χ4v) is 5.41. The van der Waals surface area contributed by atoms with E-state index in [0.29, 0.717) is 34.7 Å². The summed E-state index contributed by atoms with van der Waals surface area (Å²) in [7, 11) is 0. The van der Waals surface area contributed by atoms with Gasteiger partial charge in [-0.1, -0.05) is 18.2 Å². The molecular formula is C25H19F2N4O2S+. The average Bonchev–Trinajstić information content (AvgIpc) is 3.47. The first-order chi connectivity index (χ1) is 16.5. The molecule has 4 aromatic rings. The van der Waals surface area contributed by atoms with Gasteiger partial charge in [0.25, 0.3) is 0 Å². The summed E-state index contributed by atoms with van der Waals surface area (Å²) in [5.41, 5.74) is 2.32. The average molecular weight is 478 g/mol. The molecule has 0 saturated heterocycles. The zero-order valence-electron chi connectivity index (χ0n) is 17.7. The molecule has 2 aliphatic rings. The van der Waals surface area contributed by atoms with E-state index in [1.54, 1.807) is 11.3 Å². The second-order valence-electron chi connectivity index (χ2n) is 8.33. The van der Waals surface area contributed by atoms with Crippen LogP contribution in [0.4, 0.5) is 14.8 Å². The van der Waals surface area contributed by atoms with E-state index in [1.165, 1.54) is 12.1 Å². The van der Waals surface area contributed by atoms with Crippen molar-refractivity contribution in [3.63, 3.8) is 0 Å². The third-order valence-electron chi connectivity index (χ3n) is 6.06. The Balaban J connectivity index is 1.42. The number of Topliss-reactive ketones (excluding diaryl/α,β-unsaturated/α-hetero) is 1.